The van der Waals surface area contributed by atoms with Crippen LogP contribution in [0, 0.1) is 0 Å². The van der Waals surface area contributed by atoms with Crippen molar-refractivity contribution in [2.24, 2.45) is 0 Å². The molecule has 2 aromatic rings. The van der Waals surface area contributed by atoms with E-state index in [-0.39, 0.29) is 38.8 Å². The monoisotopic (exact) mass is 485 g/mol. The Bertz CT molecular complexity index is 916. The second-order valence-corrected chi connectivity index (χ2v) is 8.72. The van der Waals surface area contributed by atoms with E-state index < -0.39 is 23.6 Å². The van der Waals surface area contributed by atoms with Crippen LogP contribution in [-0.2, 0) is 30.4 Å². The van der Waals surface area contributed by atoms with Crippen LogP contribution in [-0.4, -0.2) is 56.4 Å². The highest BCUT2D eigenvalue weighted by molar-refractivity contribution is 5.89. The molecule has 190 valence electrons. The van der Waals surface area contributed by atoms with Gasteiger partial charge >= 0.3 is 6.09 Å². The van der Waals surface area contributed by atoms with Crippen LogP contribution in [0.4, 0.5) is 4.79 Å². The van der Waals surface area contributed by atoms with E-state index in [4.69, 9.17) is 14.2 Å². The first-order chi connectivity index (χ1) is 16.7. The first-order valence-corrected chi connectivity index (χ1v) is 11.5. The molecule has 9 nitrogen and oxygen atoms in total. The van der Waals surface area contributed by atoms with Crippen molar-refractivity contribution in [1.29, 1.82) is 0 Å². The number of rotatable bonds is 13. The van der Waals surface area contributed by atoms with Crippen molar-refractivity contribution < 1.29 is 28.6 Å². The van der Waals surface area contributed by atoms with Crippen molar-refractivity contribution in [1.82, 2.24) is 16.0 Å². The maximum absolute atomic E-state index is 12.8. The van der Waals surface area contributed by atoms with Gasteiger partial charge in [0.1, 0.15) is 18.2 Å². The molecule has 0 radical (unpaired) electrons. The van der Waals surface area contributed by atoms with Gasteiger partial charge in [-0.3, -0.25) is 9.59 Å². The van der Waals surface area contributed by atoms with Gasteiger partial charge in [-0.25, -0.2) is 4.79 Å². The lowest BCUT2D eigenvalue weighted by Crippen LogP contribution is -2.42. The zero-order valence-corrected chi connectivity index (χ0v) is 20.5. The Morgan fingerprint density at radius 1 is 0.829 bits per heavy atom. The molecule has 2 aromatic carbocycles. The standard InChI is InChI=1S/C26H35N3O6/c1-26(2,3)35-25(32)28-15-17-33-16-14-27-24(31)23(21-12-8-5-9-13-21)29-22(30)19-34-18-20-10-6-4-7-11-20/h4-13,23H,14-19H2,1-3H3,(H,27,31)(H,28,32)(H,29,30)/t23-/m0/s1. The van der Waals surface area contributed by atoms with Gasteiger partial charge in [0.05, 0.1) is 19.8 Å². The second-order valence-electron chi connectivity index (χ2n) is 8.72. The van der Waals surface area contributed by atoms with E-state index in [2.05, 4.69) is 16.0 Å². The lowest BCUT2D eigenvalue weighted by Gasteiger charge is -2.20. The zero-order valence-electron chi connectivity index (χ0n) is 20.5. The Kier molecular flexibility index (Phi) is 11.7. The largest absolute Gasteiger partial charge is 0.444 e. The molecule has 35 heavy (non-hydrogen) atoms. The van der Waals surface area contributed by atoms with Crippen molar-refractivity contribution in [2.75, 3.05) is 32.9 Å². The van der Waals surface area contributed by atoms with Crippen molar-refractivity contribution in [2.45, 2.75) is 39.0 Å². The molecule has 9 heteroatoms. The van der Waals surface area contributed by atoms with Crippen LogP contribution < -0.4 is 16.0 Å². The molecule has 0 bridgehead atoms. The third-order valence-corrected chi connectivity index (χ3v) is 4.51. The SMILES string of the molecule is CC(C)(C)OC(=O)NCCOCCNC(=O)[C@@H](NC(=O)COCc1ccccc1)c1ccccc1. The highest BCUT2D eigenvalue weighted by Crippen LogP contribution is 2.13. The quantitative estimate of drug-likeness (QED) is 0.376. The second kappa shape index (κ2) is 14.7. The normalized spacial score (nSPS) is 11.9. The minimum Gasteiger partial charge on any atom is -0.444 e. The maximum atomic E-state index is 12.8. The summed E-state index contributed by atoms with van der Waals surface area (Å²) in [6, 6.07) is 17.6. The molecule has 0 saturated heterocycles. The predicted octanol–water partition coefficient (Wildman–Crippen LogP) is 2.72. The van der Waals surface area contributed by atoms with Crippen LogP contribution in [0.15, 0.2) is 60.7 Å². The maximum Gasteiger partial charge on any atom is 0.407 e. The number of alkyl carbamates (subject to hydrolysis) is 1. The molecule has 0 saturated carbocycles. The van der Waals surface area contributed by atoms with Crippen molar-refractivity contribution in [3.8, 4) is 0 Å². The Hall–Kier alpha value is -3.43. The van der Waals surface area contributed by atoms with Gasteiger partial charge in [-0.2, -0.15) is 0 Å². The molecule has 0 aromatic heterocycles. The molecule has 0 fully saturated rings. The van der Waals surface area contributed by atoms with Crippen LogP contribution in [0.25, 0.3) is 0 Å². The average Bonchev–Trinajstić information content (AvgIpc) is 2.82. The van der Waals surface area contributed by atoms with Crippen molar-refractivity contribution >= 4 is 17.9 Å². The molecule has 1 atom stereocenters. The van der Waals surface area contributed by atoms with E-state index in [1.807, 2.05) is 36.4 Å². The van der Waals surface area contributed by atoms with Gasteiger partial charge in [-0.15, -0.1) is 0 Å². The highest BCUT2D eigenvalue weighted by Gasteiger charge is 2.22. The van der Waals surface area contributed by atoms with Gasteiger partial charge in [-0.05, 0) is 31.9 Å². The molecule has 2 rings (SSSR count). The molecule has 3 N–H and O–H groups in total. The van der Waals surface area contributed by atoms with Crippen LogP contribution in [0.2, 0.25) is 0 Å². The molecule has 0 aliphatic rings. The van der Waals surface area contributed by atoms with E-state index in [1.54, 1.807) is 45.0 Å². The van der Waals surface area contributed by atoms with Crippen LogP contribution in [0.3, 0.4) is 0 Å². The number of nitrogens with one attached hydrogen (secondary N) is 3. The van der Waals surface area contributed by atoms with Crippen LogP contribution >= 0.6 is 0 Å². The number of amides is 3. The number of hydrogen-bond acceptors (Lipinski definition) is 6. The summed E-state index contributed by atoms with van der Waals surface area (Å²) in [5, 5.41) is 8.10. The topological polar surface area (TPSA) is 115 Å². The Morgan fingerprint density at radius 3 is 2.06 bits per heavy atom. The molecule has 0 aliphatic carbocycles. The number of ether oxygens (including phenoxy) is 3. The van der Waals surface area contributed by atoms with E-state index in [0.717, 1.165) is 5.56 Å². The van der Waals surface area contributed by atoms with Crippen molar-refractivity contribution in [3.63, 3.8) is 0 Å². The van der Waals surface area contributed by atoms with Crippen LogP contribution in [0.5, 0.6) is 0 Å². The highest BCUT2D eigenvalue weighted by atomic mass is 16.6. The van der Waals surface area contributed by atoms with Crippen LogP contribution in [0.1, 0.15) is 37.9 Å². The summed E-state index contributed by atoms with van der Waals surface area (Å²) in [6.45, 7) is 6.54. The van der Waals surface area contributed by atoms with Gasteiger partial charge in [-0.1, -0.05) is 60.7 Å². The summed E-state index contributed by atoms with van der Waals surface area (Å²) in [4.78, 5) is 36.8. The first kappa shape index (κ1) is 27.8. The lowest BCUT2D eigenvalue weighted by atomic mass is 10.1. The Labute approximate surface area is 206 Å². The molecule has 0 aliphatic heterocycles. The molecule has 0 heterocycles. The summed E-state index contributed by atoms with van der Waals surface area (Å²) in [7, 11) is 0. The predicted molar refractivity (Wildman–Crippen MR) is 131 cm³/mol. The zero-order chi connectivity index (χ0) is 25.5. The van der Waals surface area contributed by atoms with E-state index in [0.29, 0.717) is 12.2 Å². The molecule has 0 unspecified atom stereocenters. The smallest absolute Gasteiger partial charge is 0.407 e. The van der Waals surface area contributed by atoms with Gasteiger partial charge in [0.2, 0.25) is 11.8 Å². The molecular formula is C26H35N3O6. The average molecular weight is 486 g/mol. The van der Waals surface area contributed by atoms with E-state index >= 15 is 0 Å². The molecule has 0 spiro atoms. The number of carbonyl (C=O) groups is 3. The van der Waals surface area contributed by atoms with Gasteiger partial charge in [0, 0.05) is 13.1 Å². The van der Waals surface area contributed by atoms with Crippen molar-refractivity contribution in [3.05, 3.63) is 71.8 Å². The number of benzene rings is 2. The molecule has 3 amide bonds. The third kappa shape index (κ3) is 12.0. The Morgan fingerprint density at radius 2 is 1.43 bits per heavy atom. The first-order valence-electron chi connectivity index (χ1n) is 11.5. The molecular weight excluding hydrogens is 450 g/mol. The minimum absolute atomic E-state index is 0.167. The lowest BCUT2D eigenvalue weighted by molar-refractivity contribution is -0.132. The number of carbonyl (C=O) groups excluding carboxylic acids is 3. The summed E-state index contributed by atoms with van der Waals surface area (Å²) in [6.07, 6.45) is -0.511. The minimum atomic E-state index is -0.863. The Balaban J connectivity index is 1.73. The van der Waals surface area contributed by atoms with Gasteiger partial charge in [0.15, 0.2) is 0 Å². The van der Waals surface area contributed by atoms with E-state index in [9.17, 15) is 14.4 Å². The number of hydrogen-bond donors (Lipinski definition) is 3. The summed E-state index contributed by atoms with van der Waals surface area (Å²) < 4.78 is 16.0. The summed E-state index contributed by atoms with van der Waals surface area (Å²) >= 11 is 0. The fourth-order valence-electron chi connectivity index (χ4n) is 2.97. The third-order valence-electron chi connectivity index (χ3n) is 4.51. The van der Waals surface area contributed by atoms with Gasteiger partial charge < -0.3 is 30.2 Å². The van der Waals surface area contributed by atoms with E-state index in [1.165, 1.54) is 0 Å². The summed E-state index contributed by atoms with van der Waals surface area (Å²) in [5.41, 5.74) is 1.05. The van der Waals surface area contributed by atoms with Gasteiger partial charge in [0.25, 0.3) is 0 Å². The fourth-order valence-corrected chi connectivity index (χ4v) is 2.97. The fraction of sp³-hybridized carbons (Fsp3) is 0.423. The summed E-state index contributed by atoms with van der Waals surface area (Å²) in [5.74, 6) is -0.752.